The molecule has 0 aliphatic heterocycles. The lowest BCUT2D eigenvalue weighted by Crippen LogP contribution is -2.32. The first-order valence-electron chi connectivity index (χ1n) is 8.18. The van der Waals surface area contributed by atoms with Gasteiger partial charge in [0.15, 0.2) is 0 Å². The quantitative estimate of drug-likeness (QED) is 0.361. The number of carbonyl (C=O) groups excluding carboxylic acids is 1. The number of nitro benzene ring substituents is 1. The molecule has 3 N–H and O–H groups in total. The van der Waals surface area contributed by atoms with Gasteiger partial charge in [0.2, 0.25) is 0 Å². The van der Waals surface area contributed by atoms with Crippen molar-refractivity contribution in [3.63, 3.8) is 0 Å². The lowest BCUT2D eigenvalue weighted by molar-refractivity contribution is -0.384. The minimum absolute atomic E-state index is 0.0526. The molecule has 0 aromatic heterocycles. The van der Waals surface area contributed by atoms with Gasteiger partial charge in [0.1, 0.15) is 5.60 Å². The highest BCUT2D eigenvalue weighted by Gasteiger charge is 2.15. The average molecular weight is 351 g/mol. The largest absolute Gasteiger partial charge is 0.444 e. The Balaban J connectivity index is 0. The van der Waals surface area contributed by atoms with Gasteiger partial charge >= 0.3 is 6.09 Å². The van der Waals surface area contributed by atoms with Gasteiger partial charge in [-0.05, 0) is 26.8 Å². The molecule has 1 rings (SSSR count). The van der Waals surface area contributed by atoms with Crippen LogP contribution in [0.5, 0.6) is 0 Å². The van der Waals surface area contributed by atoms with E-state index in [9.17, 15) is 14.9 Å². The van der Waals surface area contributed by atoms with Crippen molar-refractivity contribution in [3.8, 4) is 11.8 Å². The first-order chi connectivity index (χ1) is 11.7. The Morgan fingerprint density at radius 1 is 1.28 bits per heavy atom. The van der Waals surface area contributed by atoms with E-state index in [1.54, 1.807) is 20.8 Å². The number of rotatable bonds is 2. The number of alkyl carbamates (subject to hydrolysis) is 1. The highest BCUT2D eigenvalue weighted by molar-refractivity contribution is 5.68. The van der Waals surface area contributed by atoms with Crippen molar-refractivity contribution in [2.75, 3.05) is 12.3 Å². The zero-order valence-corrected chi connectivity index (χ0v) is 16.1. The summed E-state index contributed by atoms with van der Waals surface area (Å²) in [4.78, 5) is 21.5. The van der Waals surface area contributed by atoms with Gasteiger partial charge in [-0.1, -0.05) is 39.5 Å². The lowest BCUT2D eigenvalue weighted by Gasteiger charge is -2.19. The maximum Gasteiger partial charge on any atom is 0.408 e. The molecule has 0 heterocycles. The van der Waals surface area contributed by atoms with Gasteiger partial charge in [-0.15, -0.1) is 0 Å². The summed E-state index contributed by atoms with van der Waals surface area (Å²) in [5.41, 5.74) is 5.69. The molecule has 0 bridgehead atoms. The van der Waals surface area contributed by atoms with Crippen molar-refractivity contribution in [1.29, 1.82) is 0 Å². The second-order valence-electron chi connectivity index (χ2n) is 5.19. The van der Waals surface area contributed by atoms with Crippen molar-refractivity contribution >= 4 is 17.5 Å². The van der Waals surface area contributed by atoms with Crippen LogP contribution in [0.15, 0.2) is 18.2 Å². The fourth-order valence-electron chi connectivity index (χ4n) is 1.34. The van der Waals surface area contributed by atoms with Gasteiger partial charge in [0, 0.05) is 17.8 Å². The van der Waals surface area contributed by atoms with E-state index in [4.69, 9.17) is 10.5 Å². The summed E-state index contributed by atoms with van der Waals surface area (Å²) in [6, 6.07) is 4.01. The minimum atomic E-state index is -0.581. The third-order valence-electron chi connectivity index (χ3n) is 2.19. The van der Waals surface area contributed by atoms with Gasteiger partial charge in [0.25, 0.3) is 5.69 Å². The summed E-state index contributed by atoms with van der Waals surface area (Å²) in [5.74, 6) is 5.34. The van der Waals surface area contributed by atoms with E-state index in [1.807, 2.05) is 27.7 Å². The number of nitrogens with one attached hydrogen (secondary N) is 1. The molecule has 0 radical (unpaired) electrons. The molecular formula is C18H29N3O4. The maximum absolute atomic E-state index is 11.4. The van der Waals surface area contributed by atoms with E-state index in [0.29, 0.717) is 11.3 Å². The van der Waals surface area contributed by atoms with Crippen LogP contribution in [0.2, 0.25) is 0 Å². The number of non-ortho nitro benzene ring substituents is 1. The molecule has 7 heteroatoms. The summed E-state index contributed by atoms with van der Waals surface area (Å²) in [6.07, 6.45) is -0.580. The molecule has 0 unspecified atom stereocenters. The Hall–Kier alpha value is -2.75. The summed E-state index contributed by atoms with van der Waals surface area (Å²) in [7, 11) is 0. The van der Waals surface area contributed by atoms with Crippen molar-refractivity contribution in [2.24, 2.45) is 0 Å². The SMILES string of the molecule is CC.CC.CC(C)(C)OC(=O)NCC#Cc1cc([N+](=O)[O-])ccc1N. The second-order valence-corrected chi connectivity index (χ2v) is 5.19. The van der Waals surface area contributed by atoms with Crippen LogP contribution in [-0.4, -0.2) is 23.2 Å². The molecule has 25 heavy (non-hydrogen) atoms. The number of nitrogen functional groups attached to an aromatic ring is 1. The van der Waals surface area contributed by atoms with Crippen LogP contribution in [0.3, 0.4) is 0 Å². The van der Waals surface area contributed by atoms with Gasteiger partial charge in [-0.3, -0.25) is 10.1 Å². The molecule has 0 atom stereocenters. The van der Waals surface area contributed by atoms with Crippen molar-refractivity contribution < 1.29 is 14.5 Å². The Bertz CT molecular complexity index is 611. The Kier molecular flexibility index (Phi) is 12.4. The Morgan fingerprint density at radius 2 is 1.84 bits per heavy atom. The van der Waals surface area contributed by atoms with Crippen LogP contribution in [0.1, 0.15) is 54.0 Å². The normalized spacial score (nSPS) is 9.08. The molecule has 0 spiro atoms. The predicted octanol–water partition coefficient (Wildman–Crippen LogP) is 4.11. The van der Waals surface area contributed by atoms with Crippen LogP contribution in [-0.2, 0) is 4.74 Å². The topological polar surface area (TPSA) is 107 Å². The number of benzene rings is 1. The molecule has 1 amide bonds. The number of carbonyl (C=O) groups is 1. The first kappa shape index (κ1) is 24.5. The van der Waals surface area contributed by atoms with Crippen molar-refractivity contribution in [2.45, 2.75) is 54.1 Å². The van der Waals surface area contributed by atoms with Crippen molar-refractivity contribution in [1.82, 2.24) is 5.32 Å². The molecule has 1 aromatic rings. The van der Waals surface area contributed by atoms with E-state index in [-0.39, 0.29) is 12.2 Å². The van der Waals surface area contributed by atoms with E-state index in [1.165, 1.54) is 18.2 Å². The number of hydrogen-bond donors (Lipinski definition) is 2. The molecule has 140 valence electrons. The third kappa shape index (κ3) is 11.4. The lowest BCUT2D eigenvalue weighted by atomic mass is 10.1. The fourth-order valence-corrected chi connectivity index (χ4v) is 1.34. The minimum Gasteiger partial charge on any atom is -0.444 e. The number of nitrogens with two attached hydrogens (primary N) is 1. The zero-order chi connectivity index (χ0) is 20.0. The van der Waals surface area contributed by atoms with E-state index >= 15 is 0 Å². The number of ether oxygens (including phenoxy) is 1. The second kappa shape index (κ2) is 12.6. The molecule has 0 aliphatic rings. The monoisotopic (exact) mass is 351 g/mol. The summed E-state index contributed by atoms with van der Waals surface area (Å²) in [5, 5.41) is 13.1. The molecule has 0 saturated carbocycles. The van der Waals surface area contributed by atoms with Gasteiger partial charge in [0.05, 0.1) is 17.0 Å². The number of nitro groups is 1. The van der Waals surface area contributed by atoms with Crippen LogP contribution in [0, 0.1) is 22.0 Å². The highest BCUT2D eigenvalue weighted by Crippen LogP contribution is 2.18. The van der Waals surface area contributed by atoms with Gasteiger partial charge in [-0.2, -0.15) is 0 Å². The predicted molar refractivity (Wildman–Crippen MR) is 101 cm³/mol. The summed E-state index contributed by atoms with van der Waals surface area (Å²) < 4.78 is 5.03. The van der Waals surface area contributed by atoms with E-state index in [2.05, 4.69) is 17.2 Å². The Labute approximate surface area is 150 Å². The maximum atomic E-state index is 11.4. The molecule has 0 saturated heterocycles. The van der Waals surface area contributed by atoms with Crippen LogP contribution in [0.25, 0.3) is 0 Å². The van der Waals surface area contributed by atoms with Crippen LogP contribution >= 0.6 is 0 Å². The Morgan fingerprint density at radius 3 is 2.32 bits per heavy atom. The van der Waals surface area contributed by atoms with Gasteiger partial charge in [-0.25, -0.2) is 4.79 Å². The molecule has 0 aliphatic carbocycles. The van der Waals surface area contributed by atoms with Crippen LogP contribution in [0.4, 0.5) is 16.2 Å². The zero-order valence-electron chi connectivity index (χ0n) is 16.1. The van der Waals surface area contributed by atoms with Crippen LogP contribution < -0.4 is 11.1 Å². The average Bonchev–Trinajstić information content (AvgIpc) is 2.55. The van der Waals surface area contributed by atoms with Crippen molar-refractivity contribution in [3.05, 3.63) is 33.9 Å². The number of anilines is 1. The highest BCUT2D eigenvalue weighted by atomic mass is 16.6. The van der Waals surface area contributed by atoms with E-state index < -0.39 is 16.6 Å². The number of amides is 1. The number of nitrogens with zero attached hydrogens (tertiary/aromatic N) is 1. The van der Waals surface area contributed by atoms with E-state index in [0.717, 1.165) is 0 Å². The smallest absolute Gasteiger partial charge is 0.408 e. The first-order valence-corrected chi connectivity index (χ1v) is 8.18. The molecule has 1 aromatic carbocycles. The standard InChI is InChI=1S/C14H17N3O4.2C2H6/c1-14(2,3)21-13(18)16-8-4-5-10-9-11(17(19)20)6-7-12(10)15;2*1-2/h6-7,9H,8,15H2,1-3H3,(H,16,18);2*1-2H3. The summed E-state index contributed by atoms with van der Waals surface area (Å²) in [6.45, 7) is 13.3. The number of hydrogen-bond acceptors (Lipinski definition) is 5. The fraction of sp³-hybridized carbons (Fsp3) is 0.500. The third-order valence-corrected chi connectivity index (χ3v) is 2.19. The molecule has 0 fully saturated rings. The molecular weight excluding hydrogens is 322 g/mol. The van der Waals surface area contributed by atoms with Gasteiger partial charge < -0.3 is 15.8 Å². The summed E-state index contributed by atoms with van der Waals surface area (Å²) >= 11 is 0. The molecule has 7 nitrogen and oxygen atoms in total.